The van der Waals surface area contributed by atoms with Crippen LogP contribution < -0.4 is 10.1 Å². The monoisotopic (exact) mass is 446 g/mol. The van der Waals surface area contributed by atoms with E-state index in [1.807, 2.05) is 12.1 Å². The van der Waals surface area contributed by atoms with Crippen LogP contribution in [0.5, 0.6) is 5.75 Å². The summed E-state index contributed by atoms with van der Waals surface area (Å²) in [4.78, 5) is 24.2. The van der Waals surface area contributed by atoms with E-state index in [1.165, 1.54) is 29.8 Å². The van der Waals surface area contributed by atoms with Crippen molar-refractivity contribution in [3.05, 3.63) is 41.2 Å². The summed E-state index contributed by atoms with van der Waals surface area (Å²) in [5, 5.41) is 2.15. The largest absolute Gasteiger partial charge is 0.497 e. The summed E-state index contributed by atoms with van der Waals surface area (Å²) in [7, 11) is 1.69. The highest BCUT2D eigenvalue weighted by molar-refractivity contribution is 14.1. The Bertz CT molecular complexity index is 541. The molecule has 0 radical (unpaired) electrons. The Hall–Kier alpha value is -1.82. The number of halogens is 1. The lowest BCUT2D eigenvalue weighted by molar-refractivity contribution is -0.145. The quantitative estimate of drug-likeness (QED) is 0.303. The zero-order chi connectivity index (χ0) is 18.4. The maximum Gasteiger partial charge on any atom is 0.413 e. The highest BCUT2D eigenvalue weighted by atomic mass is 127. The fourth-order valence-corrected chi connectivity index (χ4v) is 2.00. The molecule has 0 saturated heterocycles. The standard InChI is InChI=1S/C10H13IO.C7H10N2O3/c1-12-10-6-4-9(5-7-10)3-2-8-11;1-4-12-7(11)6(8-3)9-5(2)10/h4-7H,2-3,8H2,1H3;6H,4H2,1-2H3,(H,9,10). The summed E-state index contributed by atoms with van der Waals surface area (Å²) in [6, 6.07) is 8.29. The molecule has 0 heterocycles. The van der Waals surface area contributed by atoms with E-state index < -0.39 is 18.0 Å². The number of hydrogen-bond donors (Lipinski definition) is 1. The Morgan fingerprint density at radius 1 is 1.33 bits per heavy atom. The maximum atomic E-state index is 10.9. The Kier molecular flexibility index (Phi) is 12.6. The van der Waals surface area contributed by atoms with Crippen LogP contribution in [0.1, 0.15) is 25.8 Å². The summed E-state index contributed by atoms with van der Waals surface area (Å²) in [5.74, 6) is -0.208. The minimum Gasteiger partial charge on any atom is -0.497 e. The van der Waals surface area contributed by atoms with Crippen LogP contribution in [0.15, 0.2) is 24.3 Å². The van der Waals surface area contributed by atoms with Crippen LogP contribution in [0.3, 0.4) is 0 Å². The molecule has 0 aliphatic rings. The van der Waals surface area contributed by atoms with Crippen molar-refractivity contribution in [3.63, 3.8) is 0 Å². The van der Waals surface area contributed by atoms with E-state index in [0.29, 0.717) is 0 Å². The van der Waals surface area contributed by atoms with Gasteiger partial charge in [-0.15, -0.1) is 0 Å². The minimum absolute atomic E-state index is 0.199. The number of amides is 1. The zero-order valence-corrected chi connectivity index (χ0v) is 16.3. The number of aryl methyl sites for hydroxylation is 1. The van der Waals surface area contributed by atoms with Gasteiger partial charge in [-0.25, -0.2) is 11.4 Å². The lowest BCUT2D eigenvalue weighted by Crippen LogP contribution is -2.38. The number of hydrogen-bond acceptors (Lipinski definition) is 4. The predicted molar refractivity (Wildman–Crippen MR) is 101 cm³/mol. The lowest BCUT2D eigenvalue weighted by atomic mass is 10.1. The van der Waals surface area contributed by atoms with Crippen LogP contribution in [-0.2, 0) is 20.7 Å². The number of rotatable bonds is 7. The van der Waals surface area contributed by atoms with Gasteiger partial charge in [-0.05, 0) is 41.9 Å². The van der Waals surface area contributed by atoms with Crippen LogP contribution in [-0.4, -0.2) is 36.2 Å². The fourth-order valence-electron chi connectivity index (χ4n) is 1.62. The first-order valence-corrected chi connectivity index (χ1v) is 9.00. The topological polar surface area (TPSA) is 69.0 Å². The van der Waals surface area contributed by atoms with E-state index in [1.54, 1.807) is 14.0 Å². The number of alkyl halides is 1. The molecular formula is C17H23IN2O4. The van der Waals surface area contributed by atoms with Crippen molar-refractivity contribution in [1.29, 1.82) is 0 Å². The zero-order valence-electron chi connectivity index (χ0n) is 14.2. The average Bonchev–Trinajstić information content (AvgIpc) is 2.58. The maximum absolute atomic E-state index is 10.9. The molecular weight excluding hydrogens is 423 g/mol. The first-order valence-electron chi connectivity index (χ1n) is 7.47. The molecule has 132 valence electrons. The number of ether oxygens (including phenoxy) is 2. The van der Waals surface area contributed by atoms with Gasteiger partial charge in [0.2, 0.25) is 5.91 Å². The molecule has 0 spiro atoms. The molecule has 0 saturated carbocycles. The predicted octanol–water partition coefficient (Wildman–Crippen LogP) is 2.99. The van der Waals surface area contributed by atoms with Crippen LogP contribution in [0.25, 0.3) is 4.85 Å². The molecule has 0 bridgehead atoms. The second-order valence-electron chi connectivity index (χ2n) is 4.62. The molecule has 1 rings (SSSR count). The van der Waals surface area contributed by atoms with Crippen LogP contribution in [0.4, 0.5) is 0 Å². The van der Waals surface area contributed by atoms with Crippen molar-refractivity contribution in [3.8, 4) is 5.75 Å². The third-order valence-electron chi connectivity index (χ3n) is 2.74. The molecule has 7 heteroatoms. The van der Waals surface area contributed by atoms with E-state index in [9.17, 15) is 9.59 Å². The highest BCUT2D eigenvalue weighted by Crippen LogP contribution is 2.12. The number of benzene rings is 1. The molecule has 0 fully saturated rings. The van der Waals surface area contributed by atoms with Crippen LogP contribution in [0, 0.1) is 6.57 Å². The molecule has 24 heavy (non-hydrogen) atoms. The summed E-state index contributed by atoms with van der Waals surface area (Å²) in [5.41, 5.74) is 1.40. The van der Waals surface area contributed by atoms with Gasteiger partial charge in [0.1, 0.15) is 5.75 Å². The van der Waals surface area contributed by atoms with Gasteiger partial charge in [0.05, 0.1) is 13.7 Å². The van der Waals surface area contributed by atoms with Gasteiger partial charge >= 0.3 is 12.1 Å². The molecule has 0 aliphatic heterocycles. The molecule has 1 unspecified atom stereocenters. The van der Waals surface area contributed by atoms with Gasteiger partial charge in [-0.3, -0.25) is 15.0 Å². The summed E-state index contributed by atoms with van der Waals surface area (Å²) >= 11 is 2.40. The fraction of sp³-hybridized carbons (Fsp3) is 0.471. The second-order valence-corrected chi connectivity index (χ2v) is 5.70. The number of carbonyl (C=O) groups excluding carboxylic acids is 2. The van der Waals surface area contributed by atoms with Crippen molar-refractivity contribution < 1.29 is 19.1 Å². The summed E-state index contributed by atoms with van der Waals surface area (Å²) in [6.45, 7) is 9.64. The van der Waals surface area contributed by atoms with E-state index in [2.05, 4.69) is 49.6 Å². The highest BCUT2D eigenvalue weighted by Gasteiger charge is 2.25. The number of esters is 1. The third kappa shape index (κ3) is 10.0. The Morgan fingerprint density at radius 2 is 1.96 bits per heavy atom. The molecule has 6 nitrogen and oxygen atoms in total. The molecule has 1 atom stereocenters. The third-order valence-corrected chi connectivity index (χ3v) is 3.50. The molecule has 1 aromatic rings. The van der Waals surface area contributed by atoms with Crippen LogP contribution >= 0.6 is 22.6 Å². The van der Waals surface area contributed by atoms with Gasteiger partial charge in [0.15, 0.2) is 0 Å². The first-order chi connectivity index (χ1) is 11.5. The van der Waals surface area contributed by atoms with Gasteiger partial charge in [0, 0.05) is 6.92 Å². The molecule has 0 aromatic heterocycles. The van der Waals surface area contributed by atoms with Crippen molar-refractivity contribution in [2.45, 2.75) is 32.9 Å². The van der Waals surface area contributed by atoms with E-state index in [0.717, 1.165) is 5.75 Å². The minimum atomic E-state index is -1.21. The van der Waals surface area contributed by atoms with Crippen molar-refractivity contribution in [2.24, 2.45) is 0 Å². The van der Waals surface area contributed by atoms with Gasteiger partial charge in [-0.2, -0.15) is 0 Å². The Labute approximate surface area is 156 Å². The number of nitrogens with one attached hydrogen (secondary N) is 1. The Balaban J connectivity index is 0.000000441. The van der Waals surface area contributed by atoms with Gasteiger partial charge < -0.3 is 9.47 Å². The molecule has 1 N–H and O–H groups in total. The normalized spacial score (nSPS) is 10.5. The van der Waals surface area contributed by atoms with Crippen molar-refractivity contribution in [2.75, 3.05) is 18.1 Å². The van der Waals surface area contributed by atoms with E-state index >= 15 is 0 Å². The summed E-state index contributed by atoms with van der Waals surface area (Å²) < 4.78 is 10.8. The van der Waals surface area contributed by atoms with Crippen molar-refractivity contribution >= 4 is 34.5 Å². The van der Waals surface area contributed by atoms with E-state index in [4.69, 9.17) is 11.3 Å². The smallest absolute Gasteiger partial charge is 0.413 e. The summed E-state index contributed by atoms with van der Waals surface area (Å²) in [6.07, 6.45) is 1.22. The molecule has 1 amide bonds. The number of carbonyl (C=O) groups is 2. The lowest BCUT2D eigenvalue weighted by Gasteiger charge is -2.04. The number of methoxy groups -OCH3 is 1. The van der Waals surface area contributed by atoms with E-state index in [-0.39, 0.29) is 6.61 Å². The number of nitrogens with zero attached hydrogens (tertiary/aromatic N) is 1. The van der Waals surface area contributed by atoms with Crippen LogP contribution in [0.2, 0.25) is 0 Å². The second kappa shape index (κ2) is 13.6. The SMILES string of the molecule is COc1ccc(CCCI)cc1.[C-]#[N+]C(NC(C)=O)C(=O)OCC. The molecule has 1 aromatic carbocycles. The van der Waals surface area contributed by atoms with Gasteiger partial charge in [-0.1, -0.05) is 34.7 Å². The molecule has 0 aliphatic carbocycles. The average molecular weight is 446 g/mol. The first kappa shape index (κ1) is 22.2. The van der Waals surface area contributed by atoms with Gasteiger partial charge in [0.25, 0.3) is 0 Å². The van der Waals surface area contributed by atoms with Crippen molar-refractivity contribution in [1.82, 2.24) is 5.32 Å². The Morgan fingerprint density at radius 3 is 2.38 bits per heavy atom.